The molecule has 0 saturated carbocycles. The number of nitrogens with two attached hydrogens (primary N) is 1. The van der Waals surface area contributed by atoms with Crippen LogP contribution in [0.15, 0.2) is 24.3 Å². The van der Waals surface area contributed by atoms with E-state index in [4.69, 9.17) is 17.7 Å². The van der Waals surface area contributed by atoms with Crippen LogP contribution >= 0.6 is 8.92 Å². The average Bonchev–Trinajstić information content (AvgIpc) is 2.15. The van der Waals surface area contributed by atoms with Crippen LogP contribution in [0.4, 0.5) is 0 Å². The molecule has 0 spiro atoms. The predicted octanol–water partition coefficient (Wildman–Crippen LogP) is 2.65. The molecule has 2 unspecified atom stereocenters. The molecule has 0 heterocycles. The van der Waals surface area contributed by atoms with E-state index in [1.165, 1.54) is 0 Å². The normalized spacial score (nSPS) is 17.2. The molecule has 0 radical (unpaired) electrons. The Morgan fingerprint density at radius 3 is 2.31 bits per heavy atom. The third kappa shape index (κ3) is 3.62. The zero-order valence-electron chi connectivity index (χ0n) is 10.3. The Morgan fingerprint density at radius 1 is 1.25 bits per heavy atom. The Bertz CT molecular complexity index is 353. The molecule has 1 aromatic carbocycles. The molecule has 16 heavy (non-hydrogen) atoms. The molecular weight excluding hydrogens is 328 g/mol. The van der Waals surface area contributed by atoms with Crippen molar-refractivity contribution in [1.82, 2.24) is 0 Å². The third-order valence-electron chi connectivity index (χ3n) is 2.39. The Balaban J connectivity index is 3.11. The van der Waals surface area contributed by atoms with E-state index in [0.717, 1.165) is 9.14 Å². The van der Waals surface area contributed by atoms with Crippen LogP contribution < -0.4 is 9.31 Å². The molecule has 2 N–H and O–H groups in total. The zero-order chi connectivity index (χ0) is 12.3. The topological polar surface area (TPSA) is 35.2 Å². The van der Waals surface area contributed by atoms with Gasteiger partial charge in [0.1, 0.15) is 0 Å². The maximum absolute atomic E-state index is 6.64. The summed E-state index contributed by atoms with van der Waals surface area (Å²) in [6.45, 7) is 6.02. The van der Waals surface area contributed by atoms with Gasteiger partial charge in [-0.3, -0.25) is 0 Å². The van der Waals surface area contributed by atoms with E-state index >= 15 is 0 Å². The molecule has 90 valence electrons. The summed E-state index contributed by atoms with van der Waals surface area (Å²) in [6.07, 6.45) is 0.166. The number of hydrogen-bond acceptors (Lipinski definition) is 2. The van der Waals surface area contributed by atoms with E-state index in [1.807, 2.05) is 39.0 Å². The molecule has 0 saturated heterocycles. The fourth-order valence-corrected chi connectivity index (χ4v) is 10.5. The molecule has 0 bridgehead atoms. The first-order valence-electron chi connectivity index (χ1n) is 5.56. The number of halogens is 1. The van der Waals surface area contributed by atoms with Crippen molar-refractivity contribution in [2.75, 3.05) is 0 Å². The van der Waals surface area contributed by atoms with E-state index in [-0.39, 0.29) is 12.1 Å². The van der Waals surface area contributed by atoms with Crippen LogP contribution in [0, 0.1) is 0 Å². The van der Waals surface area contributed by atoms with E-state index < -0.39 is 17.7 Å². The van der Waals surface area contributed by atoms with Crippen molar-refractivity contribution in [3.8, 4) is 0 Å². The molecule has 1 aromatic rings. The molecule has 0 aliphatic rings. The van der Waals surface area contributed by atoms with Gasteiger partial charge in [-0.25, -0.2) is 0 Å². The first-order valence-corrected chi connectivity index (χ1v) is 14.6. The molecule has 0 fully saturated rings. The second-order valence-electron chi connectivity index (χ2n) is 4.46. The summed E-state index contributed by atoms with van der Waals surface area (Å²) in [5.41, 5.74) is 7.08. The molecule has 0 aliphatic carbocycles. The zero-order valence-corrected chi connectivity index (χ0v) is 13.9. The van der Waals surface area contributed by atoms with Gasteiger partial charge in [0.25, 0.3) is 0 Å². The number of benzene rings is 1. The van der Waals surface area contributed by atoms with Gasteiger partial charge < -0.3 is 0 Å². The van der Waals surface area contributed by atoms with Gasteiger partial charge in [0.2, 0.25) is 0 Å². The van der Waals surface area contributed by atoms with Crippen LogP contribution in [0.3, 0.4) is 0 Å². The molecule has 4 heteroatoms. The van der Waals surface area contributed by atoms with Gasteiger partial charge in [0.05, 0.1) is 0 Å². The summed E-state index contributed by atoms with van der Waals surface area (Å²) < 4.78 is 7.09. The third-order valence-corrected chi connectivity index (χ3v) is 11.0. The fourth-order valence-electron chi connectivity index (χ4n) is 1.81. The van der Waals surface area contributed by atoms with Crippen molar-refractivity contribution < 1.29 is 3.07 Å². The van der Waals surface area contributed by atoms with Gasteiger partial charge in [-0.1, -0.05) is 0 Å². The summed E-state index contributed by atoms with van der Waals surface area (Å²) in [5, 5.41) is 0. The van der Waals surface area contributed by atoms with Crippen LogP contribution in [-0.2, 0) is 3.07 Å². The first kappa shape index (κ1) is 14.3. The summed E-state index contributed by atoms with van der Waals surface area (Å²) >= 11 is -3.14. The quantitative estimate of drug-likeness (QED) is 0.849. The maximum atomic E-state index is 6.64. The molecule has 1 rings (SSSR count). The van der Waals surface area contributed by atoms with Crippen molar-refractivity contribution in [3.05, 3.63) is 29.8 Å². The molecule has 2 atom stereocenters. The van der Waals surface area contributed by atoms with Crippen molar-refractivity contribution in [2.24, 2.45) is 5.73 Å². The van der Waals surface area contributed by atoms with Crippen molar-refractivity contribution in [2.45, 2.75) is 37.9 Å². The van der Waals surface area contributed by atoms with Crippen molar-refractivity contribution in [3.63, 3.8) is 0 Å². The Labute approximate surface area is 106 Å². The SMILES string of the molecule is CC(C)[O][Sn]([CH3])([Cl])[c]1ccccc1C(C)N. The first-order chi connectivity index (χ1) is 7.34. The van der Waals surface area contributed by atoms with Crippen LogP contribution in [0.2, 0.25) is 4.94 Å². The van der Waals surface area contributed by atoms with Crippen LogP contribution in [0.1, 0.15) is 32.4 Å². The van der Waals surface area contributed by atoms with E-state index in [0.29, 0.717) is 0 Å². The summed E-state index contributed by atoms with van der Waals surface area (Å²) in [6, 6.07) is 8.10. The number of hydrogen-bond donors (Lipinski definition) is 1. The van der Waals surface area contributed by atoms with Crippen LogP contribution in [0.5, 0.6) is 0 Å². The van der Waals surface area contributed by atoms with Gasteiger partial charge >= 0.3 is 107 Å². The van der Waals surface area contributed by atoms with Gasteiger partial charge in [-0.05, 0) is 0 Å². The monoisotopic (exact) mass is 349 g/mol. The van der Waals surface area contributed by atoms with E-state index in [9.17, 15) is 0 Å². The standard InChI is InChI=1S/C8H10N.C3H7O.CH3.ClH.Sn/c1-7(9)8-5-3-2-4-6-8;1-3(2)4;;;/h2-5,7H,9H2,1H3;3H,1-2H3;1H3;1H;/q;-1;;;+2/p-1. The summed E-state index contributed by atoms with van der Waals surface area (Å²) in [7, 11) is 6.64. The van der Waals surface area contributed by atoms with E-state index in [1.54, 1.807) is 0 Å². The van der Waals surface area contributed by atoms with E-state index in [2.05, 4.69) is 11.0 Å². The van der Waals surface area contributed by atoms with Gasteiger partial charge in [-0.2, -0.15) is 0 Å². The predicted molar refractivity (Wildman–Crippen MR) is 72.4 cm³/mol. The van der Waals surface area contributed by atoms with Gasteiger partial charge in [0.15, 0.2) is 0 Å². The average molecular weight is 348 g/mol. The molecule has 0 aliphatic heterocycles. The summed E-state index contributed by atoms with van der Waals surface area (Å²) in [4.78, 5) is 2.07. The number of rotatable bonds is 4. The fraction of sp³-hybridized carbons (Fsp3) is 0.500. The minimum absolute atomic E-state index is 0.00161. The Hall–Kier alpha value is 0.229. The van der Waals surface area contributed by atoms with Crippen molar-refractivity contribution >= 4 is 30.2 Å². The molecule has 0 aromatic heterocycles. The van der Waals surface area contributed by atoms with Gasteiger partial charge in [-0.15, -0.1) is 0 Å². The second-order valence-corrected chi connectivity index (χ2v) is 16.7. The minimum atomic E-state index is -3.14. The second kappa shape index (κ2) is 5.71. The summed E-state index contributed by atoms with van der Waals surface area (Å²) in [5.74, 6) is 0. The van der Waals surface area contributed by atoms with Gasteiger partial charge in [0, 0.05) is 0 Å². The molecule has 0 amide bonds. The van der Waals surface area contributed by atoms with Crippen LogP contribution in [-0.4, -0.2) is 23.8 Å². The van der Waals surface area contributed by atoms with Crippen molar-refractivity contribution in [1.29, 1.82) is 0 Å². The Morgan fingerprint density at radius 2 is 1.81 bits per heavy atom. The van der Waals surface area contributed by atoms with Crippen LogP contribution in [0.25, 0.3) is 0 Å². The molecule has 2 nitrogen and oxygen atoms in total. The molecular formula is C12H20ClNOSn. The Kier molecular flexibility index (Phi) is 5.10.